The number of halogens is 2. The van der Waals surface area contributed by atoms with Gasteiger partial charge in [-0.25, -0.2) is 13.8 Å². The fourth-order valence-electron chi connectivity index (χ4n) is 3.50. The predicted molar refractivity (Wildman–Crippen MR) is 108 cm³/mol. The number of hydrogen-bond acceptors (Lipinski definition) is 5. The number of pyridine rings is 1. The molecule has 162 valence electrons. The molecule has 0 amide bonds. The highest BCUT2D eigenvalue weighted by Gasteiger charge is 2.21. The molecule has 2 aromatic rings. The standard InChI is InChI=1S/C23H27F2NO4/c1-2-28-21(27)11-5-6-13-29-22-19(24)14-16(15-20(22)25)18-10-7-12-26-23(18)30-17-8-3-4-9-17/h7,10,12,14-15,17H,2-6,8-9,11,13H2,1H3. The van der Waals surface area contributed by atoms with Gasteiger partial charge in [-0.1, -0.05) is 0 Å². The molecule has 0 saturated heterocycles. The van der Waals surface area contributed by atoms with Crippen LogP contribution < -0.4 is 9.47 Å². The summed E-state index contributed by atoms with van der Waals surface area (Å²) in [6.45, 7) is 2.18. The van der Waals surface area contributed by atoms with Gasteiger partial charge in [-0.15, -0.1) is 0 Å². The molecule has 30 heavy (non-hydrogen) atoms. The van der Waals surface area contributed by atoms with Gasteiger partial charge in [-0.2, -0.15) is 0 Å². The van der Waals surface area contributed by atoms with Gasteiger partial charge >= 0.3 is 5.97 Å². The first-order valence-corrected chi connectivity index (χ1v) is 10.5. The van der Waals surface area contributed by atoms with Gasteiger partial charge in [0.05, 0.1) is 13.2 Å². The Balaban J connectivity index is 1.64. The largest absolute Gasteiger partial charge is 0.488 e. The molecule has 1 aliphatic rings. The van der Waals surface area contributed by atoms with Crippen LogP contribution in [-0.4, -0.2) is 30.3 Å². The molecular weight excluding hydrogens is 392 g/mol. The van der Waals surface area contributed by atoms with Crippen LogP contribution in [0, 0.1) is 11.6 Å². The van der Waals surface area contributed by atoms with Crippen LogP contribution in [0.3, 0.4) is 0 Å². The van der Waals surface area contributed by atoms with Crippen molar-refractivity contribution in [3.05, 3.63) is 42.1 Å². The van der Waals surface area contributed by atoms with Gasteiger partial charge in [0.2, 0.25) is 5.88 Å². The fourth-order valence-corrected chi connectivity index (χ4v) is 3.50. The summed E-state index contributed by atoms with van der Waals surface area (Å²) in [6, 6.07) is 5.91. The number of benzene rings is 1. The quantitative estimate of drug-likeness (QED) is 0.378. The van der Waals surface area contributed by atoms with Crippen molar-refractivity contribution in [3.63, 3.8) is 0 Å². The maximum Gasteiger partial charge on any atom is 0.305 e. The number of ether oxygens (including phenoxy) is 3. The minimum absolute atomic E-state index is 0.0885. The zero-order valence-electron chi connectivity index (χ0n) is 17.2. The van der Waals surface area contributed by atoms with E-state index in [0.29, 0.717) is 36.5 Å². The van der Waals surface area contributed by atoms with Crippen LogP contribution in [0.4, 0.5) is 8.78 Å². The van der Waals surface area contributed by atoms with Gasteiger partial charge in [0, 0.05) is 18.2 Å². The second-order valence-electron chi connectivity index (χ2n) is 7.26. The monoisotopic (exact) mass is 419 g/mol. The Morgan fingerprint density at radius 3 is 2.60 bits per heavy atom. The Hall–Kier alpha value is -2.70. The van der Waals surface area contributed by atoms with Gasteiger partial charge < -0.3 is 14.2 Å². The number of unbranched alkanes of at least 4 members (excludes halogenated alkanes) is 1. The van der Waals surface area contributed by atoms with Crippen molar-refractivity contribution in [2.45, 2.75) is 58.0 Å². The smallest absolute Gasteiger partial charge is 0.305 e. The van der Waals surface area contributed by atoms with Crippen molar-refractivity contribution in [3.8, 4) is 22.8 Å². The van der Waals surface area contributed by atoms with Crippen molar-refractivity contribution in [1.82, 2.24) is 4.98 Å². The second-order valence-corrected chi connectivity index (χ2v) is 7.26. The maximum absolute atomic E-state index is 14.6. The normalized spacial score (nSPS) is 14.0. The minimum atomic E-state index is -0.786. The summed E-state index contributed by atoms with van der Waals surface area (Å²) in [5.74, 6) is -1.89. The number of carbonyl (C=O) groups excluding carboxylic acids is 1. The Kier molecular flexibility index (Phi) is 7.99. The highest BCUT2D eigenvalue weighted by Crippen LogP contribution is 2.35. The summed E-state index contributed by atoms with van der Waals surface area (Å²) in [7, 11) is 0. The van der Waals surface area contributed by atoms with E-state index in [0.717, 1.165) is 25.7 Å². The maximum atomic E-state index is 14.6. The van der Waals surface area contributed by atoms with Crippen molar-refractivity contribution in [2.24, 2.45) is 0 Å². The molecule has 1 saturated carbocycles. The highest BCUT2D eigenvalue weighted by atomic mass is 19.1. The van der Waals surface area contributed by atoms with E-state index >= 15 is 0 Å². The lowest BCUT2D eigenvalue weighted by Crippen LogP contribution is -2.12. The third-order valence-corrected chi connectivity index (χ3v) is 4.99. The minimum Gasteiger partial charge on any atom is -0.488 e. The fraction of sp³-hybridized carbons (Fsp3) is 0.478. The lowest BCUT2D eigenvalue weighted by Gasteiger charge is -2.16. The van der Waals surface area contributed by atoms with Gasteiger partial charge in [-0.3, -0.25) is 4.79 Å². The van der Waals surface area contributed by atoms with Crippen LogP contribution in [0.25, 0.3) is 11.1 Å². The Morgan fingerprint density at radius 2 is 1.90 bits per heavy atom. The molecule has 3 rings (SSSR count). The topological polar surface area (TPSA) is 57.7 Å². The highest BCUT2D eigenvalue weighted by molar-refractivity contribution is 5.69. The number of esters is 1. The first kappa shape index (κ1) is 22.0. The first-order chi connectivity index (χ1) is 14.6. The van der Waals surface area contributed by atoms with Gasteiger partial charge in [-0.05, 0) is 75.3 Å². The number of hydrogen-bond donors (Lipinski definition) is 0. The van der Waals surface area contributed by atoms with E-state index in [1.165, 1.54) is 12.1 Å². The summed E-state index contributed by atoms with van der Waals surface area (Å²) in [4.78, 5) is 15.6. The predicted octanol–water partition coefficient (Wildman–Crippen LogP) is 5.46. The van der Waals surface area contributed by atoms with Crippen molar-refractivity contribution in [2.75, 3.05) is 13.2 Å². The molecule has 0 radical (unpaired) electrons. The van der Waals surface area contributed by atoms with Crippen molar-refractivity contribution >= 4 is 5.97 Å². The zero-order chi connectivity index (χ0) is 21.3. The van der Waals surface area contributed by atoms with Crippen LogP contribution in [0.15, 0.2) is 30.5 Å². The molecule has 1 aromatic carbocycles. The lowest BCUT2D eigenvalue weighted by atomic mass is 10.1. The third kappa shape index (κ3) is 5.90. The summed E-state index contributed by atoms with van der Waals surface area (Å²) < 4.78 is 45.2. The van der Waals surface area contributed by atoms with Crippen molar-refractivity contribution < 1.29 is 27.8 Å². The average Bonchev–Trinajstić information content (AvgIpc) is 3.23. The van der Waals surface area contributed by atoms with E-state index in [-0.39, 0.29) is 25.1 Å². The van der Waals surface area contributed by atoms with E-state index in [1.807, 2.05) is 0 Å². The zero-order valence-corrected chi connectivity index (χ0v) is 17.2. The molecule has 1 aliphatic carbocycles. The van der Waals surface area contributed by atoms with Crippen LogP contribution in [0.5, 0.6) is 11.6 Å². The Bertz CT molecular complexity index is 830. The summed E-state index contributed by atoms with van der Waals surface area (Å²) >= 11 is 0. The molecule has 1 fully saturated rings. The van der Waals surface area contributed by atoms with Crippen LogP contribution >= 0.6 is 0 Å². The molecule has 0 N–H and O–H groups in total. The summed E-state index contributed by atoms with van der Waals surface area (Å²) in [5.41, 5.74) is 0.893. The Morgan fingerprint density at radius 1 is 1.17 bits per heavy atom. The lowest BCUT2D eigenvalue weighted by molar-refractivity contribution is -0.143. The first-order valence-electron chi connectivity index (χ1n) is 10.5. The SMILES string of the molecule is CCOC(=O)CCCCOc1c(F)cc(-c2cccnc2OC2CCCC2)cc1F. The third-order valence-electron chi connectivity index (χ3n) is 4.99. The summed E-state index contributed by atoms with van der Waals surface area (Å²) in [6.07, 6.45) is 7.11. The Labute approximate surface area is 175 Å². The van der Waals surface area contributed by atoms with E-state index in [1.54, 1.807) is 25.3 Å². The second kappa shape index (κ2) is 10.9. The van der Waals surface area contributed by atoms with E-state index in [9.17, 15) is 13.6 Å². The van der Waals surface area contributed by atoms with E-state index < -0.39 is 17.4 Å². The molecule has 0 spiro atoms. The van der Waals surface area contributed by atoms with Crippen molar-refractivity contribution in [1.29, 1.82) is 0 Å². The van der Waals surface area contributed by atoms with Crippen LogP contribution in [-0.2, 0) is 9.53 Å². The molecule has 0 atom stereocenters. The molecule has 7 heteroatoms. The van der Waals surface area contributed by atoms with Crippen LogP contribution in [0.1, 0.15) is 51.9 Å². The van der Waals surface area contributed by atoms with E-state index in [2.05, 4.69) is 4.98 Å². The average molecular weight is 419 g/mol. The number of nitrogens with zero attached hydrogens (tertiary/aromatic N) is 1. The van der Waals surface area contributed by atoms with Crippen LogP contribution in [0.2, 0.25) is 0 Å². The van der Waals surface area contributed by atoms with Gasteiger partial charge in [0.15, 0.2) is 17.4 Å². The summed E-state index contributed by atoms with van der Waals surface area (Å²) in [5, 5.41) is 0. The molecule has 0 bridgehead atoms. The number of rotatable bonds is 10. The molecule has 0 aliphatic heterocycles. The molecule has 0 unspecified atom stereocenters. The number of carbonyl (C=O) groups is 1. The molecule has 1 heterocycles. The van der Waals surface area contributed by atoms with E-state index in [4.69, 9.17) is 14.2 Å². The van der Waals surface area contributed by atoms with Gasteiger partial charge in [0.1, 0.15) is 6.10 Å². The number of aromatic nitrogens is 1. The molecular formula is C23H27F2NO4. The molecule has 1 aromatic heterocycles. The van der Waals surface area contributed by atoms with Gasteiger partial charge in [0.25, 0.3) is 0 Å². The molecule has 5 nitrogen and oxygen atoms in total.